The number of carbonyl (C=O) groups excluding carboxylic acids is 1. The fraction of sp³-hybridized carbons (Fsp3) is 0.409. The number of hydrogen-bond donors (Lipinski definition) is 1. The number of allylic oxidation sites excluding steroid dienone is 3. The molecule has 5 nitrogen and oxygen atoms in total. The molecule has 152 valence electrons. The molecule has 0 heterocycles. The van der Waals surface area contributed by atoms with Crippen LogP contribution < -0.4 is 0 Å². The molecule has 1 aromatic rings. The summed E-state index contributed by atoms with van der Waals surface area (Å²) in [7, 11) is 0. The summed E-state index contributed by atoms with van der Waals surface area (Å²) >= 11 is 0. The van der Waals surface area contributed by atoms with Gasteiger partial charge in [0.25, 0.3) is 0 Å². The monoisotopic (exact) mass is 389 g/mol. The van der Waals surface area contributed by atoms with Crippen molar-refractivity contribution >= 4 is 23.2 Å². The maximum atomic E-state index is 14.4. The lowest BCUT2D eigenvalue weighted by Crippen LogP contribution is -2.35. The van der Waals surface area contributed by atoms with E-state index in [4.69, 9.17) is 9.84 Å². The van der Waals surface area contributed by atoms with Crippen LogP contribution in [0.15, 0.2) is 35.5 Å². The molecule has 1 N–H and O–H groups in total. The molecule has 0 spiro atoms. The molecule has 0 fully saturated rings. The van der Waals surface area contributed by atoms with Gasteiger partial charge >= 0.3 is 11.9 Å². The second-order valence-corrected chi connectivity index (χ2v) is 7.09. The standard InChI is InChI=1S/C22H28FNO4/c1-7-8-17(18-11-14(2)15(3)12-19(18)23)13-24-16(4)22(5,6)28-21(27)10-9-20(25)26/h7-8,11-13H,9-10H2,1-6H3,(H,25,26)/b8-7?,17-13+,24-16?. The Kier molecular flexibility index (Phi) is 8.29. The molecule has 1 rings (SSSR count). The summed E-state index contributed by atoms with van der Waals surface area (Å²) in [6, 6.07) is 3.27. The third-order valence-electron chi connectivity index (χ3n) is 4.42. The number of nitrogens with zero attached hydrogens (tertiary/aromatic N) is 1. The Morgan fingerprint density at radius 2 is 1.82 bits per heavy atom. The normalized spacial score (nSPS) is 13.1. The van der Waals surface area contributed by atoms with E-state index in [0.717, 1.165) is 11.1 Å². The van der Waals surface area contributed by atoms with Crippen LogP contribution in [0.1, 0.15) is 57.2 Å². The van der Waals surface area contributed by atoms with E-state index in [1.807, 2.05) is 20.8 Å². The highest BCUT2D eigenvalue weighted by atomic mass is 19.1. The molecule has 0 bridgehead atoms. The van der Waals surface area contributed by atoms with E-state index in [1.54, 1.807) is 39.0 Å². The van der Waals surface area contributed by atoms with Gasteiger partial charge in [0.05, 0.1) is 18.6 Å². The number of hydrogen-bond acceptors (Lipinski definition) is 4. The number of aliphatic imine (C=N–C) groups is 1. The van der Waals surface area contributed by atoms with Crippen LogP contribution in [0.2, 0.25) is 0 Å². The summed E-state index contributed by atoms with van der Waals surface area (Å²) in [6.07, 6.45) is 4.59. The van der Waals surface area contributed by atoms with Crippen molar-refractivity contribution in [3.63, 3.8) is 0 Å². The number of aryl methyl sites for hydroxylation is 2. The number of carboxylic acids is 1. The molecule has 0 saturated heterocycles. The van der Waals surface area contributed by atoms with Gasteiger partial charge in [0.15, 0.2) is 0 Å². The lowest BCUT2D eigenvalue weighted by molar-refractivity contribution is -0.153. The van der Waals surface area contributed by atoms with Crippen LogP contribution >= 0.6 is 0 Å². The summed E-state index contributed by atoms with van der Waals surface area (Å²) in [6.45, 7) is 10.6. The summed E-state index contributed by atoms with van der Waals surface area (Å²) in [5, 5.41) is 8.66. The number of rotatable bonds is 8. The van der Waals surface area contributed by atoms with E-state index in [9.17, 15) is 14.0 Å². The summed E-state index contributed by atoms with van der Waals surface area (Å²) in [5.74, 6) is -2.01. The van der Waals surface area contributed by atoms with Crippen LogP contribution in [-0.2, 0) is 14.3 Å². The summed E-state index contributed by atoms with van der Waals surface area (Å²) in [5.41, 5.74) is 2.36. The first kappa shape index (κ1) is 23.3. The zero-order chi connectivity index (χ0) is 21.5. The van der Waals surface area contributed by atoms with Gasteiger partial charge < -0.3 is 9.84 Å². The molecule has 0 aromatic heterocycles. The molecule has 0 saturated carbocycles. The average Bonchev–Trinajstić information content (AvgIpc) is 2.59. The van der Waals surface area contributed by atoms with E-state index in [2.05, 4.69) is 4.99 Å². The number of ether oxygens (including phenoxy) is 1. The lowest BCUT2D eigenvalue weighted by atomic mass is 9.99. The molecule has 0 unspecified atom stereocenters. The van der Waals surface area contributed by atoms with Gasteiger partial charge in [-0.05, 0) is 64.8 Å². The zero-order valence-corrected chi connectivity index (χ0v) is 17.3. The van der Waals surface area contributed by atoms with Crippen molar-refractivity contribution in [2.75, 3.05) is 0 Å². The van der Waals surface area contributed by atoms with Crippen LogP contribution in [0.4, 0.5) is 4.39 Å². The Balaban J connectivity index is 3.13. The SMILES string of the molecule is CC=C/C(=C\N=C(C)C(C)(C)OC(=O)CCC(=O)O)c1cc(C)c(C)cc1F. The lowest BCUT2D eigenvalue weighted by Gasteiger charge is -2.24. The highest BCUT2D eigenvalue weighted by molar-refractivity contribution is 5.93. The maximum absolute atomic E-state index is 14.4. The minimum absolute atomic E-state index is 0.209. The zero-order valence-electron chi connectivity index (χ0n) is 17.3. The molecule has 6 heteroatoms. The number of esters is 1. The van der Waals surface area contributed by atoms with Crippen molar-refractivity contribution in [3.05, 3.63) is 53.0 Å². The van der Waals surface area contributed by atoms with Crippen molar-refractivity contribution in [2.24, 2.45) is 4.99 Å². The molecule has 0 amide bonds. The topological polar surface area (TPSA) is 76.0 Å². The fourth-order valence-electron chi connectivity index (χ4n) is 2.32. The number of halogens is 1. The minimum Gasteiger partial charge on any atom is -0.481 e. The molecule has 0 aliphatic carbocycles. The molecule has 0 aliphatic heterocycles. The minimum atomic E-state index is -1.06. The first-order valence-corrected chi connectivity index (χ1v) is 9.06. The van der Waals surface area contributed by atoms with Crippen molar-refractivity contribution in [1.29, 1.82) is 0 Å². The molecule has 0 aliphatic rings. The molecule has 1 aromatic carbocycles. The van der Waals surface area contributed by atoms with E-state index in [0.29, 0.717) is 16.8 Å². The third-order valence-corrected chi connectivity index (χ3v) is 4.42. The highest BCUT2D eigenvalue weighted by Crippen LogP contribution is 2.24. The van der Waals surface area contributed by atoms with Gasteiger partial charge in [0.2, 0.25) is 0 Å². The molecule has 0 radical (unpaired) electrons. The van der Waals surface area contributed by atoms with Gasteiger partial charge in [-0.2, -0.15) is 0 Å². The largest absolute Gasteiger partial charge is 0.481 e. The number of carbonyl (C=O) groups is 2. The average molecular weight is 389 g/mol. The van der Waals surface area contributed by atoms with E-state index in [-0.39, 0.29) is 18.7 Å². The molecular formula is C22H28FNO4. The van der Waals surface area contributed by atoms with Crippen LogP contribution in [0.25, 0.3) is 5.57 Å². The van der Waals surface area contributed by atoms with Crippen molar-refractivity contribution in [1.82, 2.24) is 0 Å². The molecule has 28 heavy (non-hydrogen) atoms. The second kappa shape index (κ2) is 9.97. The highest BCUT2D eigenvalue weighted by Gasteiger charge is 2.26. The predicted octanol–water partition coefficient (Wildman–Crippen LogP) is 5.01. The number of carboxylic acid groups (broad SMARTS) is 1. The van der Waals surface area contributed by atoms with Gasteiger partial charge in [-0.3, -0.25) is 14.6 Å². The first-order valence-electron chi connectivity index (χ1n) is 9.06. The Labute approximate surface area is 165 Å². The van der Waals surface area contributed by atoms with E-state index in [1.165, 1.54) is 12.3 Å². The Morgan fingerprint density at radius 1 is 1.21 bits per heavy atom. The van der Waals surface area contributed by atoms with E-state index < -0.39 is 17.5 Å². The van der Waals surface area contributed by atoms with Gasteiger partial charge in [0.1, 0.15) is 11.4 Å². The van der Waals surface area contributed by atoms with Crippen molar-refractivity contribution < 1.29 is 23.8 Å². The van der Waals surface area contributed by atoms with Crippen LogP contribution in [-0.4, -0.2) is 28.4 Å². The Bertz CT molecular complexity index is 835. The van der Waals surface area contributed by atoms with Gasteiger partial charge in [-0.1, -0.05) is 12.2 Å². The van der Waals surface area contributed by atoms with Gasteiger partial charge in [-0.15, -0.1) is 0 Å². The second-order valence-electron chi connectivity index (χ2n) is 7.09. The van der Waals surface area contributed by atoms with E-state index >= 15 is 0 Å². The van der Waals surface area contributed by atoms with Crippen molar-refractivity contribution in [2.45, 2.75) is 60.0 Å². The first-order chi connectivity index (χ1) is 13.0. The Morgan fingerprint density at radius 3 is 2.39 bits per heavy atom. The maximum Gasteiger partial charge on any atom is 0.307 e. The number of aliphatic carboxylic acids is 1. The third kappa shape index (κ3) is 6.76. The van der Waals surface area contributed by atoms with Crippen LogP contribution in [0.5, 0.6) is 0 Å². The smallest absolute Gasteiger partial charge is 0.307 e. The fourth-order valence-corrected chi connectivity index (χ4v) is 2.32. The number of benzene rings is 1. The summed E-state index contributed by atoms with van der Waals surface area (Å²) < 4.78 is 19.8. The molecule has 0 atom stereocenters. The molecular weight excluding hydrogens is 361 g/mol. The van der Waals surface area contributed by atoms with Crippen molar-refractivity contribution in [3.8, 4) is 0 Å². The summed E-state index contributed by atoms with van der Waals surface area (Å²) in [4.78, 5) is 26.8. The quantitative estimate of drug-likeness (QED) is 0.385. The van der Waals surface area contributed by atoms with Gasteiger partial charge in [-0.25, -0.2) is 4.39 Å². The Hall–Kier alpha value is -2.76. The predicted molar refractivity (Wildman–Crippen MR) is 109 cm³/mol. The van der Waals surface area contributed by atoms with Gasteiger partial charge in [0, 0.05) is 17.3 Å². The van der Waals surface area contributed by atoms with Crippen LogP contribution in [0, 0.1) is 19.7 Å². The van der Waals surface area contributed by atoms with Crippen LogP contribution in [0.3, 0.4) is 0 Å².